The summed E-state index contributed by atoms with van der Waals surface area (Å²) >= 11 is 0. The summed E-state index contributed by atoms with van der Waals surface area (Å²) in [6.45, 7) is 2.29. The number of nitrogens with zero attached hydrogens (tertiary/aromatic N) is 2. The van der Waals surface area contributed by atoms with Crippen LogP contribution in [0.3, 0.4) is 0 Å². The summed E-state index contributed by atoms with van der Waals surface area (Å²) in [5.74, 6) is -0.237. The summed E-state index contributed by atoms with van der Waals surface area (Å²) < 4.78 is 5.59. The van der Waals surface area contributed by atoms with Gasteiger partial charge in [0.25, 0.3) is 11.8 Å². The van der Waals surface area contributed by atoms with Crippen molar-refractivity contribution in [1.82, 2.24) is 10.4 Å². The standard InChI is InChI=1S/C25H26N4O3/c1-4-32-22-12-8-6-10-20(22)24(30)27-29-23(17-13-15-18(16-14-17)28(2)3)26-21-11-7-5-9-19(21)25(29)31/h5-16,23,26H,4H2,1-3H3,(H,27,30)/t23-/m0/s1. The van der Waals surface area contributed by atoms with Gasteiger partial charge in [0.1, 0.15) is 11.9 Å². The fourth-order valence-corrected chi connectivity index (χ4v) is 3.66. The van der Waals surface area contributed by atoms with Crippen molar-refractivity contribution in [1.29, 1.82) is 0 Å². The molecule has 0 saturated carbocycles. The lowest BCUT2D eigenvalue weighted by Crippen LogP contribution is -2.52. The molecular weight excluding hydrogens is 404 g/mol. The van der Waals surface area contributed by atoms with Crippen molar-refractivity contribution in [3.05, 3.63) is 89.5 Å². The Morgan fingerprint density at radius 1 is 1.03 bits per heavy atom. The van der Waals surface area contributed by atoms with Crippen LogP contribution in [0.5, 0.6) is 5.75 Å². The van der Waals surface area contributed by atoms with Crippen molar-refractivity contribution in [2.24, 2.45) is 0 Å². The number of fused-ring (bicyclic) bond motifs is 1. The lowest BCUT2D eigenvalue weighted by Gasteiger charge is -2.38. The molecule has 1 aliphatic heterocycles. The third kappa shape index (κ3) is 4.09. The van der Waals surface area contributed by atoms with Crippen LogP contribution in [0.4, 0.5) is 11.4 Å². The average molecular weight is 431 g/mol. The van der Waals surface area contributed by atoms with Gasteiger partial charge in [0.05, 0.1) is 17.7 Å². The number of para-hydroxylation sites is 2. The van der Waals surface area contributed by atoms with Gasteiger partial charge in [0.15, 0.2) is 0 Å². The highest BCUT2D eigenvalue weighted by atomic mass is 16.5. The van der Waals surface area contributed by atoms with Crippen LogP contribution < -0.4 is 20.4 Å². The molecule has 0 aliphatic carbocycles. The van der Waals surface area contributed by atoms with E-state index < -0.39 is 12.1 Å². The number of hydrogen-bond acceptors (Lipinski definition) is 5. The molecule has 7 nitrogen and oxygen atoms in total. The predicted molar refractivity (Wildman–Crippen MR) is 125 cm³/mol. The molecule has 2 amide bonds. The van der Waals surface area contributed by atoms with E-state index in [4.69, 9.17) is 4.74 Å². The normalized spacial score (nSPS) is 14.9. The Morgan fingerprint density at radius 2 is 1.72 bits per heavy atom. The molecule has 3 aromatic rings. The van der Waals surface area contributed by atoms with Crippen LogP contribution in [0, 0.1) is 0 Å². The SMILES string of the molecule is CCOc1ccccc1C(=O)NN1C(=O)c2ccccc2N[C@@H]1c1ccc(N(C)C)cc1. The maximum absolute atomic E-state index is 13.4. The smallest absolute Gasteiger partial charge is 0.276 e. The molecule has 1 heterocycles. The molecule has 2 N–H and O–H groups in total. The van der Waals surface area contributed by atoms with Gasteiger partial charge in [0, 0.05) is 25.5 Å². The number of ether oxygens (including phenoxy) is 1. The van der Waals surface area contributed by atoms with E-state index in [2.05, 4.69) is 10.7 Å². The minimum atomic E-state index is -0.572. The number of carbonyl (C=O) groups excluding carboxylic acids is 2. The third-order valence-corrected chi connectivity index (χ3v) is 5.31. The van der Waals surface area contributed by atoms with Crippen molar-refractivity contribution in [2.75, 3.05) is 30.9 Å². The van der Waals surface area contributed by atoms with Gasteiger partial charge in [-0.25, -0.2) is 5.01 Å². The number of hydrazine groups is 1. The fourth-order valence-electron chi connectivity index (χ4n) is 3.66. The van der Waals surface area contributed by atoms with Gasteiger partial charge in [0.2, 0.25) is 0 Å². The van der Waals surface area contributed by atoms with E-state index in [9.17, 15) is 9.59 Å². The number of hydrogen-bond donors (Lipinski definition) is 2. The molecule has 1 aliphatic rings. The van der Waals surface area contributed by atoms with Crippen molar-refractivity contribution in [2.45, 2.75) is 13.1 Å². The number of anilines is 2. The molecule has 4 rings (SSSR count). The highest BCUT2D eigenvalue weighted by Crippen LogP contribution is 2.33. The minimum absolute atomic E-state index is 0.289. The van der Waals surface area contributed by atoms with E-state index in [1.165, 1.54) is 5.01 Å². The van der Waals surface area contributed by atoms with Crippen LogP contribution in [0.2, 0.25) is 0 Å². The second-order valence-corrected chi connectivity index (χ2v) is 7.62. The number of nitrogens with one attached hydrogen (secondary N) is 2. The zero-order chi connectivity index (χ0) is 22.7. The predicted octanol–water partition coefficient (Wildman–Crippen LogP) is 4.06. The third-order valence-electron chi connectivity index (χ3n) is 5.31. The van der Waals surface area contributed by atoms with Gasteiger partial charge < -0.3 is 15.0 Å². The summed E-state index contributed by atoms with van der Waals surface area (Å²) in [4.78, 5) is 28.6. The minimum Gasteiger partial charge on any atom is -0.493 e. The second-order valence-electron chi connectivity index (χ2n) is 7.62. The zero-order valence-corrected chi connectivity index (χ0v) is 18.3. The van der Waals surface area contributed by atoms with Gasteiger partial charge in [-0.1, -0.05) is 36.4 Å². The van der Waals surface area contributed by atoms with Gasteiger partial charge in [-0.3, -0.25) is 15.0 Å². The Morgan fingerprint density at radius 3 is 2.44 bits per heavy atom. The largest absolute Gasteiger partial charge is 0.493 e. The van der Waals surface area contributed by atoms with Crippen LogP contribution in [0.1, 0.15) is 39.4 Å². The van der Waals surface area contributed by atoms with E-state index >= 15 is 0 Å². The van der Waals surface area contributed by atoms with Crippen LogP contribution in [-0.4, -0.2) is 37.5 Å². The maximum Gasteiger partial charge on any atom is 0.276 e. The highest BCUT2D eigenvalue weighted by molar-refractivity contribution is 6.04. The first-order valence-corrected chi connectivity index (χ1v) is 10.5. The quantitative estimate of drug-likeness (QED) is 0.617. The van der Waals surface area contributed by atoms with Gasteiger partial charge in [-0.2, -0.15) is 0 Å². The molecule has 1 atom stereocenters. The first-order valence-electron chi connectivity index (χ1n) is 10.5. The Labute approximate surface area is 187 Å². The van der Waals surface area contributed by atoms with Crippen LogP contribution in [0.25, 0.3) is 0 Å². The van der Waals surface area contributed by atoms with E-state index in [0.717, 1.165) is 16.9 Å². The van der Waals surface area contributed by atoms with Gasteiger partial charge in [-0.15, -0.1) is 0 Å². The van der Waals surface area contributed by atoms with Gasteiger partial charge >= 0.3 is 0 Å². The van der Waals surface area contributed by atoms with Crippen molar-refractivity contribution in [3.8, 4) is 5.75 Å². The average Bonchev–Trinajstić information content (AvgIpc) is 2.81. The highest BCUT2D eigenvalue weighted by Gasteiger charge is 2.34. The number of rotatable bonds is 6. The lowest BCUT2D eigenvalue weighted by atomic mass is 10.0. The Kier molecular flexibility index (Phi) is 5.98. The van der Waals surface area contributed by atoms with E-state index in [-0.39, 0.29) is 5.91 Å². The van der Waals surface area contributed by atoms with E-state index in [1.54, 1.807) is 36.4 Å². The number of amides is 2. The topological polar surface area (TPSA) is 73.9 Å². The number of carbonyl (C=O) groups is 2. The van der Waals surface area contributed by atoms with E-state index in [1.807, 2.05) is 62.3 Å². The summed E-state index contributed by atoms with van der Waals surface area (Å²) in [7, 11) is 3.94. The van der Waals surface area contributed by atoms with Crippen LogP contribution in [-0.2, 0) is 0 Å². The lowest BCUT2D eigenvalue weighted by molar-refractivity contribution is 0.0489. The van der Waals surface area contributed by atoms with Crippen molar-refractivity contribution in [3.63, 3.8) is 0 Å². The first kappa shape index (κ1) is 21.2. The molecule has 0 fully saturated rings. The molecule has 0 saturated heterocycles. The Bertz CT molecular complexity index is 1130. The summed E-state index contributed by atoms with van der Waals surface area (Å²) in [5.41, 5.74) is 6.26. The monoisotopic (exact) mass is 430 g/mol. The molecule has 164 valence electrons. The Balaban J connectivity index is 1.70. The van der Waals surface area contributed by atoms with Crippen molar-refractivity contribution < 1.29 is 14.3 Å². The molecule has 7 heteroatoms. The molecule has 32 heavy (non-hydrogen) atoms. The Hall–Kier alpha value is -4.00. The summed E-state index contributed by atoms with van der Waals surface area (Å²) in [6, 6.07) is 22.1. The zero-order valence-electron chi connectivity index (χ0n) is 18.3. The van der Waals surface area contributed by atoms with Crippen molar-refractivity contribution >= 4 is 23.2 Å². The summed E-state index contributed by atoms with van der Waals surface area (Å²) in [6.07, 6.45) is -0.572. The van der Waals surface area contributed by atoms with Crippen LogP contribution in [0.15, 0.2) is 72.8 Å². The molecule has 0 unspecified atom stereocenters. The molecule has 0 radical (unpaired) electrons. The van der Waals surface area contributed by atoms with E-state index in [0.29, 0.717) is 23.5 Å². The summed E-state index contributed by atoms with van der Waals surface area (Å²) in [5, 5.41) is 4.73. The molecule has 0 aromatic heterocycles. The van der Waals surface area contributed by atoms with Gasteiger partial charge in [-0.05, 0) is 48.9 Å². The second kappa shape index (κ2) is 9.01. The number of benzene rings is 3. The molecule has 3 aromatic carbocycles. The van der Waals surface area contributed by atoms with Crippen LogP contribution >= 0.6 is 0 Å². The molecular formula is C25H26N4O3. The fraction of sp³-hybridized carbons (Fsp3) is 0.200. The molecule has 0 spiro atoms. The maximum atomic E-state index is 13.4. The first-order chi connectivity index (χ1) is 15.5. The molecule has 0 bridgehead atoms.